The van der Waals surface area contributed by atoms with E-state index in [0.717, 1.165) is 32.8 Å². The maximum absolute atomic E-state index is 14.9. The first-order valence-electron chi connectivity index (χ1n) is 13.7. The van der Waals surface area contributed by atoms with Gasteiger partial charge in [-0.15, -0.1) is 11.3 Å². The van der Waals surface area contributed by atoms with Crippen molar-refractivity contribution < 1.29 is 13.6 Å². The predicted octanol–water partition coefficient (Wildman–Crippen LogP) is 4.82. The Morgan fingerprint density at radius 1 is 0.907 bits per heavy atom. The number of hydrogen-bond donors (Lipinski definition) is 2. The molecule has 0 aliphatic carbocycles. The lowest BCUT2D eigenvalue weighted by atomic mass is 10.1. The molecule has 0 fully saturated rings. The molecule has 43 heavy (non-hydrogen) atoms. The van der Waals surface area contributed by atoms with Crippen molar-refractivity contribution in [1.29, 1.82) is 0 Å². The van der Waals surface area contributed by atoms with Crippen LogP contribution in [-0.4, -0.2) is 47.6 Å². The van der Waals surface area contributed by atoms with Gasteiger partial charge in [0, 0.05) is 49.7 Å². The van der Waals surface area contributed by atoms with Gasteiger partial charge in [0.25, 0.3) is 5.56 Å². The Bertz CT molecular complexity index is 1880. The van der Waals surface area contributed by atoms with Crippen LogP contribution in [0.15, 0.2) is 82.4 Å². The Morgan fingerprint density at radius 3 is 2.21 bits per heavy atom. The van der Waals surface area contributed by atoms with Crippen LogP contribution in [0.2, 0.25) is 0 Å². The van der Waals surface area contributed by atoms with Crippen LogP contribution in [-0.2, 0) is 17.9 Å². The molecule has 3 aromatic carbocycles. The van der Waals surface area contributed by atoms with Gasteiger partial charge >= 0.3 is 5.69 Å². The molecule has 5 aromatic rings. The Hall–Kier alpha value is -4.61. The normalized spacial score (nSPS) is 11.3. The van der Waals surface area contributed by atoms with E-state index in [-0.39, 0.29) is 29.8 Å². The summed E-state index contributed by atoms with van der Waals surface area (Å²) in [4.78, 5) is 43.2. The number of hydrogen-bond acceptors (Lipinski definition) is 6. The van der Waals surface area contributed by atoms with Crippen molar-refractivity contribution in [1.82, 2.24) is 19.4 Å². The summed E-state index contributed by atoms with van der Waals surface area (Å²) < 4.78 is 32.1. The van der Waals surface area contributed by atoms with Crippen LogP contribution in [0.3, 0.4) is 0 Å². The molecule has 2 N–H and O–H groups in total. The number of nitrogens with one attached hydrogen (secondary N) is 2. The van der Waals surface area contributed by atoms with Crippen molar-refractivity contribution in [3.63, 3.8) is 0 Å². The lowest BCUT2D eigenvalue weighted by Crippen LogP contribution is -2.39. The fourth-order valence-corrected chi connectivity index (χ4v) is 6.30. The fourth-order valence-electron chi connectivity index (χ4n) is 4.99. The summed E-state index contributed by atoms with van der Waals surface area (Å²) in [5.74, 6) is -1.69. The molecule has 1 amide bonds. The number of anilines is 1. The second-order valence-corrected chi connectivity index (χ2v) is 11.1. The highest BCUT2D eigenvalue weighted by atomic mass is 32.1. The molecule has 5 rings (SSSR count). The number of fused-ring (bicyclic) bond motifs is 1. The van der Waals surface area contributed by atoms with Crippen LogP contribution in [0, 0.1) is 11.6 Å². The summed E-state index contributed by atoms with van der Waals surface area (Å²) in [5.41, 5.74) is 1.21. The van der Waals surface area contributed by atoms with Gasteiger partial charge in [-0.1, -0.05) is 36.4 Å². The molecule has 0 aliphatic rings. The number of amides is 1. The van der Waals surface area contributed by atoms with Crippen LogP contribution >= 0.6 is 11.3 Å². The first kappa shape index (κ1) is 29.9. The topological polar surface area (TPSA) is 88.4 Å². The van der Waals surface area contributed by atoms with E-state index in [9.17, 15) is 23.2 Å². The molecule has 2 heterocycles. The van der Waals surface area contributed by atoms with Crippen molar-refractivity contribution in [2.45, 2.75) is 19.5 Å². The summed E-state index contributed by atoms with van der Waals surface area (Å²) in [6.07, 6.45) is 0.257. The van der Waals surface area contributed by atoms with Crippen LogP contribution in [0.4, 0.5) is 14.5 Å². The lowest BCUT2D eigenvalue weighted by Gasteiger charge is -2.18. The highest BCUT2D eigenvalue weighted by Gasteiger charge is 2.25. The number of thiophene rings is 1. The van der Waals surface area contributed by atoms with Crippen molar-refractivity contribution in [2.75, 3.05) is 33.0 Å². The molecular formula is C32H31F2N5O3S. The Kier molecular flexibility index (Phi) is 8.84. The van der Waals surface area contributed by atoms with Gasteiger partial charge in [0.1, 0.15) is 16.5 Å². The molecule has 222 valence electrons. The third-order valence-electron chi connectivity index (χ3n) is 7.33. The minimum Gasteiger partial charge on any atom is -0.388 e. The molecule has 8 nitrogen and oxygen atoms in total. The van der Waals surface area contributed by atoms with E-state index < -0.39 is 29.4 Å². The largest absolute Gasteiger partial charge is 0.388 e. The van der Waals surface area contributed by atoms with E-state index in [1.54, 1.807) is 37.4 Å². The summed E-state index contributed by atoms with van der Waals surface area (Å²) in [7, 11) is 5.24. The third-order valence-corrected chi connectivity index (χ3v) is 8.63. The summed E-state index contributed by atoms with van der Waals surface area (Å²) in [6, 6.07) is 19.7. The van der Waals surface area contributed by atoms with Crippen LogP contribution in [0.25, 0.3) is 26.3 Å². The average molecular weight is 604 g/mol. The molecule has 2 aromatic heterocycles. The van der Waals surface area contributed by atoms with Gasteiger partial charge in [0.15, 0.2) is 0 Å². The van der Waals surface area contributed by atoms with Gasteiger partial charge in [0.05, 0.1) is 17.6 Å². The molecule has 0 saturated heterocycles. The van der Waals surface area contributed by atoms with Gasteiger partial charge in [-0.05, 0) is 54.6 Å². The molecule has 0 bridgehead atoms. The highest BCUT2D eigenvalue weighted by molar-refractivity contribution is 7.22. The monoisotopic (exact) mass is 603 g/mol. The number of aromatic nitrogens is 2. The van der Waals surface area contributed by atoms with E-state index in [1.807, 2.05) is 43.3 Å². The fraction of sp³-hybridized carbons (Fsp3) is 0.219. The zero-order valence-corrected chi connectivity index (χ0v) is 24.8. The molecule has 0 saturated carbocycles. The minimum atomic E-state index is -0.786. The molecule has 11 heteroatoms. The van der Waals surface area contributed by atoms with Gasteiger partial charge < -0.3 is 15.5 Å². The predicted molar refractivity (Wildman–Crippen MR) is 167 cm³/mol. The standard InChI is InChI=1S/C32H31F2N5O3S/c1-35-21-14-12-20(13-15-21)29-24(18-37(3)17-16-27(40)36-2)28-30(41)39(22-8-5-4-6-9-22)32(42)38(31(28)43-29)19-23-25(33)10-7-11-26(23)34/h4-15,35H,16-19H2,1-3H3,(H,36,40). The van der Waals surface area contributed by atoms with E-state index in [1.165, 1.54) is 22.0 Å². The van der Waals surface area contributed by atoms with E-state index in [2.05, 4.69) is 10.6 Å². The van der Waals surface area contributed by atoms with E-state index >= 15 is 0 Å². The van der Waals surface area contributed by atoms with Gasteiger partial charge in [-0.25, -0.2) is 18.1 Å². The average Bonchev–Trinajstić information content (AvgIpc) is 3.38. The molecule has 0 unspecified atom stereocenters. The lowest BCUT2D eigenvalue weighted by molar-refractivity contribution is -0.120. The molecule has 0 atom stereocenters. The third kappa shape index (κ3) is 5.99. The Labute approximate surface area is 250 Å². The summed E-state index contributed by atoms with van der Waals surface area (Å²) in [5, 5.41) is 5.99. The molecule has 0 aliphatic heterocycles. The maximum atomic E-state index is 14.9. The molecule has 0 radical (unpaired) electrons. The summed E-state index contributed by atoms with van der Waals surface area (Å²) in [6.45, 7) is 0.296. The maximum Gasteiger partial charge on any atom is 0.337 e. The number of benzene rings is 3. The van der Waals surface area contributed by atoms with Gasteiger partial charge in [0.2, 0.25) is 5.91 Å². The Balaban J connectivity index is 1.81. The van der Waals surface area contributed by atoms with Crippen LogP contribution < -0.4 is 21.9 Å². The number of halogens is 2. The van der Waals surface area contributed by atoms with Crippen molar-refractivity contribution in [2.24, 2.45) is 0 Å². The molecular weight excluding hydrogens is 572 g/mol. The smallest absolute Gasteiger partial charge is 0.337 e. The first-order chi connectivity index (χ1) is 20.7. The van der Waals surface area contributed by atoms with Crippen molar-refractivity contribution >= 4 is 33.1 Å². The van der Waals surface area contributed by atoms with E-state index in [0.29, 0.717) is 22.6 Å². The second kappa shape index (κ2) is 12.7. The zero-order valence-electron chi connectivity index (χ0n) is 24.0. The minimum absolute atomic E-state index is 0.114. The van der Waals surface area contributed by atoms with Crippen LogP contribution in [0.1, 0.15) is 17.5 Å². The second-order valence-electron chi connectivity index (χ2n) is 10.1. The van der Waals surface area contributed by atoms with E-state index in [4.69, 9.17) is 0 Å². The number of rotatable bonds is 10. The molecule has 0 spiro atoms. The number of carbonyl (C=O) groups is 1. The van der Waals surface area contributed by atoms with Gasteiger partial charge in [-0.2, -0.15) is 0 Å². The number of para-hydroxylation sites is 1. The number of carbonyl (C=O) groups excluding carboxylic acids is 1. The van der Waals surface area contributed by atoms with Crippen molar-refractivity contribution in [3.05, 3.63) is 116 Å². The van der Waals surface area contributed by atoms with Crippen molar-refractivity contribution in [3.8, 4) is 16.1 Å². The first-order valence-corrected chi connectivity index (χ1v) is 14.5. The Morgan fingerprint density at radius 2 is 1.58 bits per heavy atom. The highest BCUT2D eigenvalue weighted by Crippen LogP contribution is 2.38. The quantitative estimate of drug-likeness (QED) is 0.239. The zero-order chi connectivity index (χ0) is 30.7. The number of nitrogens with zero attached hydrogens (tertiary/aromatic N) is 3. The van der Waals surface area contributed by atoms with Gasteiger partial charge in [-0.3, -0.25) is 14.2 Å². The summed E-state index contributed by atoms with van der Waals surface area (Å²) >= 11 is 1.23. The van der Waals surface area contributed by atoms with Crippen LogP contribution in [0.5, 0.6) is 0 Å². The SMILES string of the molecule is CNC(=O)CCN(C)Cc1c(-c2ccc(NC)cc2)sc2c1c(=O)n(-c1ccccc1)c(=O)n2Cc1c(F)cccc1F.